The lowest BCUT2D eigenvalue weighted by Gasteiger charge is -2.22. The third-order valence-corrected chi connectivity index (χ3v) is 4.52. The highest BCUT2D eigenvalue weighted by atomic mass is 16.3. The molecule has 0 aliphatic heterocycles. The molecule has 24 heavy (non-hydrogen) atoms. The smallest absolute Gasteiger partial charge is 0.221 e. The van der Waals surface area contributed by atoms with Crippen molar-refractivity contribution in [1.29, 1.82) is 0 Å². The summed E-state index contributed by atoms with van der Waals surface area (Å²) in [6, 6.07) is 4.25. The summed E-state index contributed by atoms with van der Waals surface area (Å²) in [5.74, 6) is 1.80. The number of aromatic nitrogens is 2. The molecule has 0 spiro atoms. The van der Waals surface area contributed by atoms with Gasteiger partial charge in [0.05, 0.1) is 6.20 Å². The largest absolute Gasteiger partial charge is 0.460 e. The van der Waals surface area contributed by atoms with Crippen LogP contribution in [0.5, 0.6) is 0 Å². The summed E-state index contributed by atoms with van der Waals surface area (Å²) in [4.78, 5) is 12.0. The van der Waals surface area contributed by atoms with Crippen molar-refractivity contribution in [3.05, 3.63) is 29.7 Å². The number of carbonyl (C=O) groups is 1. The Morgan fingerprint density at radius 1 is 1.33 bits per heavy atom. The van der Waals surface area contributed by atoms with Crippen LogP contribution in [0.15, 0.2) is 22.7 Å². The minimum absolute atomic E-state index is 0.142. The zero-order valence-electron chi connectivity index (χ0n) is 14.2. The predicted octanol–water partition coefficient (Wildman–Crippen LogP) is 2.91. The summed E-state index contributed by atoms with van der Waals surface area (Å²) < 4.78 is 5.63. The second-order valence-electron chi connectivity index (χ2n) is 6.51. The summed E-state index contributed by atoms with van der Waals surface area (Å²) in [5, 5.41) is 13.5. The van der Waals surface area contributed by atoms with Crippen LogP contribution in [0.4, 0.5) is 0 Å². The van der Waals surface area contributed by atoms with Gasteiger partial charge in [0.25, 0.3) is 0 Å². The lowest BCUT2D eigenvalue weighted by molar-refractivity contribution is -0.121. The first-order chi connectivity index (χ1) is 11.7. The lowest BCUT2D eigenvalue weighted by atomic mass is 9.95. The van der Waals surface area contributed by atoms with E-state index >= 15 is 0 Å². The Hall–Kier alpha value is -2.08. The topological polar surface area (TPSA) is 83.0 Å². The lowest BCUT2D eigenvalue weighted by Crippen LogP contribution is -2.37. The van der Waals surface area contributed by atoms with Crippen LogP contribution in [0.3, 0.4) is 0 Å². The molecule has 6 nitrogen and oxygen atoms in total. The SMILES string of the molecule is Cc1ccc(-c2[nH]ncc2CNCCC(=O)NC2CCCCC2)o1. The van der Waals surface area contributed by atoms with Crippen LogP contribution in [0.2, 0.25) is 0 Å². The molecule has 0 saturated heterocycles. The highest BCUT2D eigenvalue weighted by Crippen LogP contribution is 2.23. The number of H-pyrrole nitrogens is 1. The van der Waals surface area contributed by atoms with E-state index in [0.717, 1.165) is 35.6 Å². The molecule has 1 amide bonds. The van der Waals surface area contributed by atoms with Gasteiger partial charge in [-0.15, -0.1) is 0 Å². The second kappa shape index (κ2) is 8.15. The van der Waals surface area contributed by atoms with Crippen LogP contribution in [0.1, 0.15) is 49.8 Å². The molecule has 2 heterocycles. The minimum atomic E-state index is 0.142. The second-order valence-corrected chi connectivity index (χ2v) is 6.51. The minimum Gasteiger partial charge on any atom is -0.460 e. The van der Waals surface area contributed by atoms with Gasteiger partial charge in [0.15, 0.2) is 5.76 Å². The number of carbonyl (C=O) groups excluding carboxylic acids is 1. The zero-order valence-corrected chi connectivity index (χ0v) is 14.2. The van der Waals surface area contributed by atoms with Gasteiger partial charge in [-0.25, -0.2) is 0 Å². The van der Waals surface area contributed by atoms with Crippen molar-refractivity contribution in [3.63, 3.8) is 0 Å². The van der Waals surface area contributed by atoms with Crippen molar-refractivity contribution in [2.24, 2.45) is 0 Å². The van der Waals surface area contributed by atoms with Gasteiger partial charge in [0.2, 0.25) is 5.91 Å². The van der Waals surface area contributed by atoms with Gasteiger partial charge in [-0.2, -0.15) is 5.10 Å². The summed E-state index contributed by atoms with van der Waals surface area (Å²) in [7, 11) is 0. The Bertz CT molecular complexity index is 656. The molecule has 0 atom stereocenters. The maximum Gasteiger partial charge on any atom is 0.221 e. The highest BCUT2D eigenvalue weighted by molar-refractivity contribution is 5.76. The first kappa shape index (κ1) is 16.8. The van der Waals surface area contributed by atoms with Crippen molar-refractivity contribution in [3.8, 4) is 11.5 Å². The van der Waals surface area contributed by atoms with Gasteiger partial charge in [-0.05, 0) is 31.9 Å². The van der Waals surface area contributed by atoms with E-state index in [2.05, 4.69) is 20.8 Å². The third-order valence-electron chi connectivity index (χ3n) is 4.52. The molecule has 2 aromatic rings. The van der Waals surface area contributed by atoms with Crippen molar-refractivity contribution < 1.29 is 9.21 Å². The standard InChI is InChI=1S/C18H26N4O2/c1-13-7-8-16(24-13)18-14(12-20-22-18)11-19-10-9-17(23)21-15-5-3-2-4-6-15/h7-8,12,15,19H,2-6,9-11H2,1H3,(H,20,22)(H,21,23). The highest BCUT2D eigenvalue weighted by Gasteiger charge is 2.15. The maximum absolute atomic E-state index is 12.0. The van der Waals surface area contributed by atoms with Crippen molar-refractivity contribution in [2.75, 3.05) is 6.54 Å². The quantitative estimate of drug-likeness (QED) is 0.682. The van der Waals surface area contributed by atoms with Crippen LogP contribution >= 0.6 is 0 Å². The molecule has 0 radical (unpaired) electrons. The summed E-state index contributed by atoms with van der Waals surface area (Å²) in [5.41, 5.74) is 1.93. The Labute approximate surface area is 142 Å². The number of amides is 1. The van der Waals surface area contributed by atoms with Crippen LogP contribution < -0.4 is 10.6 Å². The van der Waals surface area contributed by atoms with E-state index in [1.165, 1.54) is 19.3 Å². The molecule has 0 bridgehead atoms. The van der Waals surface area contributed by atoms with Crippen LogP contribution in [0, 0.1) is 6.92 Å². The van der Waals surface area contributed by atoms with Gasteiger partial charge in [-0.3, -0.25) is 9.89 Å². The Kier molecular flexibility index (Phi) is 5.69. The van der Waals surface area contributed by atoms with Crippen molar-refractivity contribution >= 4 is 5.91 Å². The number of rotatable bonds is 7. The number of hydrogen-bond acceptors (Lipinski definition) is 4. The average molecular weight is 330 g/mol. The van der Waals surface area contributed by atoms with E-state index in [-0.39, 0.29) is 5.91 Å². The van der Waals surface area contributed by atoms with Gasteiger partial charge in [-0.1, -0.05) is 19.3 Å². The average Bonchev–Trinajstić information content (AvgIpc) is 3.21. The number of nitrogens with one attached hydrogen (secondary N) is 3. The van der Waals surface area contributed by atoms with E-state index in [1.807, 2.05) is 19.1 Å². The van der Waals surface area contributed by atoms with E-state index in [9.17, 15) is 4.79 Å². The third kappa shape index (κ3) is 4.47. The molecule has 130 valence electrons. The van der Waals surface area contributed by atoms with Gasteiger partial charge < -0.3 is 15.1 Å². The monoisotopic (exact) mass is 330 g/mol. The van der Waals surface area contributed by atoms with Crippen molar-refractivity contribution in [2.45, 2.75) is 58.0 Å². The number of nitrogens with zero attached hydrogens (tertiary/aromatic N) is 1. The van der Waals surface area contributed by atoms with Crippen molar-refractivity contribution in [1.82, 2.24) is 20.8 Å². The van der Waals surface area contributed by atoms with Gasteiger partial charge in [0.1, 0.15) is 11.5 Å². The fraction of sp³-hybridized carbons (Fsp3) is 0.556. The molecular weight excluding hydrogens is 304 g/mol. The zero-order chi connectivity index (χ0) is 16.8. The molecule has 2 aromatic heterocycles. The predicted molar refractivity (Wildman–Crippen MR) is 92.4 cm³/mol. The summed E-state index contributed by atoms with van der Waals surface area (Å²) >= 11 is 0. The number of aromatic amines is 1. The van der Waals surface area contributed by atoms with E-state index in [0.29, 0.717) is 25.6 Å². The van der Waals surface area contributed by atoms with Crippen LogP contribution in [-0.4, -0.2) is 28.7 Å². The molecular formula is C18H26N4O2. The van der Waals surface area contributed by atoms with E-state index < -0.39 is 0 Å². The first-order valence-electron chi connectivity index (χ1n) is 8.81. The Morgan fingerprint density at radius 3 is 2.92 bits per heavy atom. The van der Waals surface area contributed by atoms with Gasteiger partial charge >= 0.3 is 0 Å². The molecule has 1 aliphatic carbocycles. The van der Waals surface area contributed by atoms with Gasteiger partial charge in [0, 0.05) is 31.1 Å². The summed E-state index contributed by atoms with van der Waals surface area (Å²) in [6.07, 6.45) is 8.32. The maximum atomic E-state index is 12.0. The molecule has 1 fully saturated rings. The molecule has 6 heteroatoms. The Morgan fingerprint density at radius 2 is 2.17 bits per heavy atom. The molecule has 0 unspecified atom stereocenters. The fourth-order valence-electron chi connectivity index (χ4n) is 3.20. The van der Waals surface area contributed by atoms with E-state index in [1.54, 1.807) is 6.20 Å². The van der Waals surface area contributed by atoms with Crippen LogP contribution in [-0.2, 0) is 11.3 Å². The molecule has 3 N–H and O–H groups in total. The molecule has 3 rings (SSSR count). The Balaban J connectivity index is 1.41. The molecule has 1 saturated carbocycles. The number of hydrogen-bond donors (Lipinski definition) is 3. The molecule has 0 aromatic carbocycles. The van der Waals surface area contributed by atoms with Crippen LogP contribution in [0.25, 0.3) is 11.5 Å². The molecule has 1 aliphatic rings. The summed E-state index contributed by atoms with van der Waals surface area (Å²) in [6.45, 7) is 3.23. The first-order valence-corrected chi connectivity index (χ1v) is 8.81. The normalized spacial score (nSPS) is 15.5. The number of furan rings is 1. The van der Waals surface area contributed by atoms with E-state index in [4.69, 9.17) is 4.42 Å². The number of aryl methyl sites for hydroxylation is 1. The fourth-order valence-corrected chi connectivity index (χ4v) is 3.20.